The Hall–Kier alpha value is -3.73. The molecule has 2 aromatic carbocycles. The number of rotatable bonds is 7. The van der Waals surface area contributed by atoms with Crippen molar-refractivity contribution in [2.75, 3.05) is 11.5 Å². The minimum atomic E-state index is -1.03. The van der Waals surface area contributed by atoms with E-state index in [-0.39, 0.29) is 46.4 Å². The van der Waals surface area contributed by atoms with Gasteiger partial charge in [0.1, 0.15) is 11.4 Å². The summed E-state index contributed by atoms with van der Waals surface area (Å²) < 4.78 is 29.0. The van der Waals surface area contributed by atoms with Crippen LogP contribution < -0.4 is 17.0 Å². The third-order valence-corrected chi connectivity index (χ3v) is 5.96. The summed E-state index contributed by atoms with van der Waals surface area (Å²) in [4.78, 5) is 45.6. The number of ketones is 1. The maximum Gasteiger partial charge on any atom is 0.332 e. The summed E-state index contributed by atoms with van der Waals surface area (Å²) in [5, 5.41) is 0.246. The van der Waals surface area contributed by atoms with Gasteiger partial charge in [0.15, 0.2) is 22.6 Å². The molecule has 0 radical (unpaired) electrons. The van der Waals surface area contributed by atoms with Gasteiger partial charge < -0.3 is 10.7 Å². The molecule has 8 nitrogen and oxygen atoms in total. The van der Waals surface area contributed by atoms with Gasteiger partial charge in [0.2, 0.25) is 0 Å². The SMILES string of the molecule is CCn1c(=O)c(C(=O)CSc2nc3cc(F)c(F)cc3[nH]2)c(N)n(Cc2ccccc2)c1=O. The molecule has 0 aliphatic heterocycles. The average molecular weight is 471 g/mol. The number of nitrogen functional groups attached to an aromatic ring is 1. The predicted molar refractivity (Wildman–Crippen MR) is 122 cm³/mol. The van der Waals surface area contributed by atoms with Crippen LogP contribution in [0.4, 0.5) is 14.6 Å². The van der Waals surface area contributed by atoms with Crippen LogP contribution >= 0.6 is 11.8 Å². The second-order valence-corrected chi connectivity index (χ2v) is 8.17. The molecule has 0 unspecified atom stereocenters. The Labute approximate surface area is 190 Å². The molecular formula is C22H19F2N5O3S. The maximum absolute atomic E-state index is 13.4. The highest BCUT2D eigenvalue weighted by atomic mass is 32.2. The first-order valence-corrected chi connectivity index (χ1v) is 11.0. The van der Waals surface area contributed by atoms with Crippen LogP contribution in [0.1, 0.15) is 22.8 Å². The lowest BCUT2D eigenvalue weighted by Crippen LogP contribution is -2.44. The molecule has 4 rings (SSSR count). The van der Waals surface area contributed by atoms with E-state index >= 15 is 0 Å². The number of hydrogen-bond acceptors (Lipinski definition) is 6. The lowest BCUT2D eigenvalue weighted by atomic mass is 10.2. The molecule has 0 spiro atoms. The maximum atomic E-state index is 13.4. The Balaban J connectivity index is 1.66. The number of carbonyl (C=O) groups excluding carboxylic acids is 1. The highest BCUT2D eigenvalue weighted by molar-refractivity contribution is 7.99. The molecule has 4 aromatic rings. The molecule has 11 heteroatoms. The van der Waals surface area contributed by atoms with Crippen LogP contribution in [0.15, 0.2) is 57.2 Å². The molecule has 2 heterocycles. The van der Waals surface area contributed by atoms with E-state index in [1.165, 1.54) is 4.57 Å². The first-order chi connectivity index (χ1) is 15.8. The Bertz CT molecular complexity index is 1440. The van der Waals surface area contributed by atoms with Crippen molar-refractivity contribution in [3.8, 4) is 0 Å². The number of nitrogens with one attached hydrogen (secondary N) is 1. The summed E-state index contributed by atoms with van der Waals surface area (Å²) in [5.74, 6) is -3.08. The number of fused-ring (bicyclic) bond motifs is 1. The number of thioether (sulfide) groups is 1. The van der Waals surface area contributed by atoms with Crippen molar-refractivity contribution in [1.82, 2.24) is 19.1 Å². The van der Waals surface area contributed by atoms with E-state index in [0.29, 0.717) is 0 Å². The highest BCUT2D eigenvalue weighted by Crippen LogP contribution is 2.23. The van der Waals surface area contributed by atoms with Gasteiger partial charge in [0.05, 0.1) is 23.3 Å². The number of halogens is 2. The molecule has 0 bridgehead atoms. The molecule has 33 heavy (non-hydrogen) atoms. The van der Waals surface area contributed by atoms with Gasteiger partial charge in [-0.15, -0.1) is 0 Å². The van der Waals surface area contributed by atoms with Crippen LogP contribution in [-0.2, 0) is 13.1 Å². The molecule has 170 valence electrons. The van der Waals surface area contributed by atoms with E-state index in [9.17, 15) is 23.2 Å². The summed E-state index contributed by atoms with van der Waals surface area (Å²) in [6, 6.07) is 11.0. The Morgan fingerprint density at radius 3 is 2.52 bits per heavy atom. The van der Waals surface area contributed by atoms with Crippen molar-refractivity contribution in [3.05, 3.63) is 86.1 Å². The second-order valence-electron chi connectivity index (χ2n) is 7.20. The molecule has 0 saturated heterocycles. The fourth-order valence-electron chi connectivity index (χ4n) is 3.43. The number of nitrogens with zero attached hydrogens (tertiary/aromatic N) is 3. The lowest BCUT2D eigenvalue weighted by Gasteiger charge is -2.15. The van der Waals surface area contributed by atoms with Gasteiger partial charge in [-0.1, -0.05) is 42.1 Å². The summed E-state index contributed by atoms with van der Waals surface area (Å²) in [6.07, 6.45) is 0. The van der Waals surface area contributed by atoms with E-state index in [0.717, 1.165) is 34.0 Å². The quantitative estimate of drug-likeness (QED) is 0.316. The Morgan fingerprint density at radius 1 is 1.12 bits per heavy atom. The molecular weight excluding hydrogens is 452 g/mol. The van der Waals surface area contributed by atoms with Gasteiger partial charge in [-0.2, -0.15) is 0 Å². The number of imidazole rings is 1. The molecule has 0 amide bonds. The van der Waals surface area contributed by atoms with Crippen molar-refractivity contribution < 1.29 is 13.6 Å². The summed E-state index contributed by atoms with van der Waals surface area (Å²) >= 11 is 0.954. The van der Waals surface area contributed by atoms with Crippen LogP contribution in [-0.4, -0.2) is 30.6 Å². The smallest absolute Gasteiger partial charge is 0.332 e. The minimum Gasteiger partial charge on any atom is -0.384 e. The largest absolute Gasteiger partial charge is 0.384 e. The van der Waals surface area contributed by atoms with Crippen molar-refractivity contribution in [2.24, 2.45) is 0 Å². The van der Waals surface area contributed by atoms with Gasteiger partial charge >= 0.3 is 5.69 Å². The van der Waals surface area contributed by atoms with Gasteiger partial charge in [0.25, 0.3) is 5.56 Å². The predicted octanol–water partition coefficient (Wildman–Crippen LogP) is 2.79. The van der Waals surface area contributed by atoms with E-state index in [1.54, 1.807) is 31.2 Å². The number of hydrogen-bond donors (Lipinski definition) is 2. The number of benzene rings is 2. The Kier molecular flexibility index (Phi) is 6.14. The van der Waals surface area contributed by atoms with Crippen LogP contribution in [0.2, 0.25) is 0 Å². The molecule has 0 aliphatic carbocycles. The minimum absolute atomic E-state index is 0.0703. The van der Waals surface area contributed by atoms with E-state index < -0.39 is 28.7 Å². The lowest BCUT2D eigenvalue weighted by molar-refractivity contribution is 0.102. The molecule has 3 N–H and O–H groups in total. The second kappa shape index (κ2) is 9.02. The number of nitrogens with two attached hydrogens (primary N) is 1. The number of anilines is 1. The highest BCUT2D eigenvalue weighted by Gasteiger charge is 2.23. The van der Waals surface area contributed by atoms with Crippen LogP contribution in [0.3, 0.4) is 0 Å². The van der Waals surface area contributed by atoms with Gasteiger partial charge in [0, 0.05) is 18.7 Å². The molecule has 0 saturated carbocycles. The zero-order valence-corrected chi connectivity index (χ0v) is 18.3. The molecule has 0 fully saturated rings. The van der Waals surface area contributed by atoms with Gasteiger partial charge in [-0.05, 0) is 12.5 Å². The topological polar surface area (TPSA) is 116 Å². The first kappa shape index (κ1) is 22.5. The number of Topliss-reactive ketones (excluding diaryl/α,β-unsaturated/α-hetero) is 1. The van der Waals surface area contributed by atoms with Crippen molar-refractivity contribution in [1.29, 1.82) is 0 Å². The fraction of sp³-hybridized carbons (Fsp3) is 0.182. The monoisotopic (exact) mass is 471 g/mol. The molecule has 0 aliphatic rings. The summed E-state index contributed by atoms with van der Waals surface area (Å²) in [7, 11) is 0. The zero-order chi connectivity index (χ0) is 23.7. The number of carbonyl (C=O) groups is 1. The van der Waals surface area contributed by atoms with Gasteiger partial charge in [-0.3, -0.25) is 18.7 Å². The first-order valence-electron chi connectivity index (χ1n) is 9.98. The van der Waals surface area contributed by atoms with E-state index in [2.05, 4.69) is 9.97 Å². The summed E-state index contributed by atoms with van der Waals surface area (Å²) in [6.45, 7) is 1.79. The molecule has 0 atom stereocenters. The average Bonchev–Trinajstić information content (AvgIpc) is 3.18. The van der Waals surface area contributed by atoms with E-state index in [4.69, 9.17) is 5.73 Å². The van der Waals surface area contributed by atoms with Crippen LogP contribution in [0.5, 0.6) is 0 Å². The van der Waals surface area contributed by atoms with Crippen LogP contribution in [0, 0.1) is 11.6 Å². The number of aromatic nitrogens is 4. The van der Waals surface area contributed by atoms with Crippen molar-refractivity contribution >= 4 is 34.4 Å². The normalized spacial score (nSPS) is 11.2. The van der Waals surface area contributed by atoms with Crippen LogP contribution in [0.25, 0.3) is 11.0 Å². The molecule has 2 aromatic heterocycles. The van der Waals surface area contributed by atoms with Crippen molar-refractivity contribution in [2.45, 2.75) is 25.2 Å². The third kappa shape index (κ3) is 4.31. The Morgan fingerprint density at radius 2 is 1.82 bits per heavy atom. The zero-order valence-electron chi connectivity index (χ0n) is 17.5. The standard InChI is InChI=1S/C22H19F2N5O3S/c1-2-28-20(31)18(19(25)29(22(28)32)10-12-6-4-3-5-7-12)17(30)11-33-21-26-15-8-13(23)14(24)9-16(15)27-21/h3-9H,2,10-11,25H2,1H3,(H,26,27). The number of H-pyrrole nitrogens is 1. The third-order valence-electron chi connectivity index (χ3n) is 5.09. The number of aromatic amines is 1. The summed E-state index contributed by atoms with van der Waals surface area (Å²) in [5.41, 5.74) is 5.74. The van der Waals surface area contributed by atoms with Gasteiger partial charge in [-0.25, -0.2) is 18.6 Å². The fourth-order valence-corrected chi connectivity index (χ4v) is 4.19. The van der Waals surface area contributed by atoms with E-state index in [1.807, 2.05) is 6.07 Å². The van der Waals surface area contributed by atoms with Crippen molar-refractivity contribution in [3.63, 3.8) is 0 Å².